The molecule has 5 rings (SSSR count). The van der Waals surface area contributed by atoms with Crippen LogP contribution >= 0.6 is 11.8 Å². The molecule has 0 radical (unpaired) electrons. The molecule has 0 spiro atoms. The Labute approximate surface area is 226 Å². The second kappa shape index (κ2) is 11.3. The van der Waals surface area contributed by atoms with Gasteiger partial charge in [0.25, 0.3) is 0 Å². The number of aliphatic imine (C=N–C) groups is 1. The number of carbonyl (C=O) groups is 2. The van der Waals surface area contributed by atoms with Crippen molar-refractivity contribution >= 4 is 34.5 Å². The molecule has 198 valence electrons. The number of amidine groups is 1. The Kier molecular flexibility index (Phi) is 7.74. The van der Waals surface area contributed by atoms with Gasteiger partial charge < -0.3 is 24.0 Å². The fraction of sp³-hybridized carbons (Fsp3) is 0.345. The van der Waals surface area contributed by atoms with Crippen LogP contribution in [-0.4, -0.2) is 60.8 Å². The van der Waals surface area contributed by atoms with Crippen LogP contribution in [0.25, 0.3) is 5.70 Å². The molecule has 8 nitrogen and oxygen atoms in total. The fourth-order valence-corrected chi connectivity index (χ4v) is 6.06. The van der Waals surface area contributed by atoms with E-state index in [9.17, 15) is 9.59 Å². The highest BCUT2D eigenvalue weighted by Gasteiger charge is 2.44. The summed E-state index contributed by atoms with van der Waals surface area (Å²) in [4.78, 5) is 35.8. The molecule has 0 aromatic heterocycles. The number of hydrogen-bond acceptors (Lipinski definition) is 8. The van der Waals surface area contributed by atoms with Crippen molar-refractivity contribution in [2.45, 2.75) is 32.2 Å². The number of likely N-dealkylation sites (tertiary alicyclic amines) is 1. The normalized spacial score (nSPS) is 18.7. The lowest BCUT2D eigenvalue weighted by Crippen LogP contribution is -2.38. The topological polar surface area (TPSA) is 80.7 Å². The molecule has 0 N–H and O–H groups in total. The van der Waals surface area contributed by atoms with Crippen LogP contribution in [0, 0.1) is 0 Å². The summed E-state index contributed by atoms with van der Waals surface area (Å²) < 4.78 is 17.0. The molecule has 0 saturated carbocycles. The van der Waals surface area contributed by atoms with E-state index in [4.69, 9.17) is 19.2 Å². The number of nitrogens with zero attached hydrogens (tertiary/aromatic N) is 3. The minimum atomic E-state index is -0.644. The number of methoxy groups -OCH3 is 2. The van der Waals surface area contributed by atoms with E-state index in [0.717, 1.165) is 42.8 Å². The zero-order valence-electron chi connectivity index (χ0n) is 21.8. The lowest BCUT2D eigenvalue weighted by atomic mass is 9.90. The summed E-state index contributed by atoms with van der Waals surface area (Å²) in [7, 11) is 3.16. The van der Waals surface area contributed by atoms with Gasteiger partial charge in [-0.15, -0.1) is 0 Å². The van der Waals surface area contributed by atoms with Crippen molar-refractivity contribution in [3.05, 3.63) is 76.3 Å². The SMILES string of the molecule is CCOC(=O)C1=C(c2ccccc2)N=C2SC=C(CC(=O)N3CCCC3)N2[C@H]1c1cccc(OC)c1OC. The van der Waals surface area contributed by atoms with Crippen LogP contribution in [0.1, 0.15) is 43.4 Å². The summed E-state index contributed by atoms with van der Waals surface area (Å²) >= 11 is 1.45. The Hall–Kier alpha value is -3.72. The highest BCUT2D eigenvalue weighted by atomic mass is 32.2. The molecular weight excluding hydrogens is 502 g/mol. The molecule has 3 aliphatic rings. The molecule has 1 atom stereocenters. The van der Waals surface area contributed by atoms with Gasteiger partial charge in [0.2, 0.25) is 5.91 Å². The predicted molar refractivity (Wildman–Crippen MR) is 148 cm³/mol. The number of fused-ring (bicyclic) bond motifs is 1. The summed E-state index contributed by atoms with van der Waals surface area (Å²) in [5.74, 6) is 0.662. The van der Waals surface area contributed by atoms with Crippen molar-refractivity contribution in [3.63, 3.8) is 0 Å². The zero-order valence-corrected chi connectivity index (χ0v) is 22.6. The Morgan fingerprint density at radius 3 is 2.47 bits per heavy atom. The van der Waals surface area contributed by atoms with Crippen LogP contribution in [0.2, 0.25) is 0 Å². The maximum absolute atomic E-state index is 13.7. The number of para-hydroxylation sites is 1. The monoisotopic (exact) mass is 533 g/mol. The molecule has 38 heavy (non-hydrogen) atoms. The third-order valence-corrected chi connectivity index (χ3v) is 7.76. The predicted octanol–water partition coefficient (Wildman–Crippen LogP) is 4.99. The molecule has 9 heteroatoms. The van der Waals surface area contributed by atoms with Crippen LogP contribution in [0.3, 0.4) is 0 Å². The lowest BCUT2D eigenvalue weighted by Gasteiger charge is -2.37. The third-order valence-electron chi connectivity index (χ3n) is 6.87. The first-order valence-corrected chi connectivity index (χ1v) is 13.6. The van der Waals surface area contributed by atoms with Gasteiger partial charge in [0, 0.05) is 29.9 Å². The van der Waals surface area contributed by atoms with Crippen LogP contribution in [0.15, 0.2) is 70.2 Å². The molecular formula is C29H31N3O5S. The number of rotatable bonds is 8. The lowest BCUT2D eigenvalue weighted by molar-refractivity contribution is -0.139. The number of amides is 1. The van der Waals surface area contributed by atoms with Crippen molar-refractivity contribution in [2.24, 2.45) is 4.99 Å². The van der Waals surface area contributed by atoms with Gasteiger partial charge in [0.15, 0.2) is 16.7 Å². The maximum Gasteiger partial charge on any atom is 0.338 e. The number of ether oxygens (including phenoxy) is 3. The first-order valence-electron chi connectivity index (χ1n) is 12.8. The molecule has 0 bridgehead atoms. The van der Waals surface area contributed by atoms with E-state index < -0.39 is 12.0 Å². The second-order valence-corrected chi connectivity index (χ2v) is 9.93. The average Bonchev–Trinajstić information content (AvgIpc) is 3.63. The number of carbonyl (C=O) groups excluding carboxylic acids is 2. The third kappa shape index (κ3) is 4.78. The van der Waals surface area contributed by atoms with Gasteiger partial charge >= 0.3 is 5.97 Å². The first-order chi connectivity index (χ1) is 18.6. The Morgan fingerprint density at radius 2 is 1.79 bits per heavy atom. The molecule has 0 unspecified atom stereocenters. The maximum atomic E-state index is 13.7. The van der Waals surface area contributed by atoms with Gasteiger partial charge in [-0.3, -0.25) is 4.79 Å². The smallest absolute Gasteiger partial charge is 0.338 e. The highest BCUT2D eigenvalue weighted by molar-refractivity contribution is 8.16. The standard InChI is InChI=1S/C29H31N3O5S/c1-4-37-28(34)24-25(19-11-6-5-7-12-19)30-29-32(20(18-38-29)17-23(33)31-15-8-9-16-31)26(24)21-13-10-14-22(35-2)27(21)36-3/h5-7,10-14,18,26H,4,8-9,15-17H2,1-3H3/t26-/m0/s1. The van der Waals surface area contributed by atoms with E-state index in [0.29, 0.717) is 27.9 Å². The van der Waals surface area contributed by atoms with Crippen molar-refractivity contribution in [2.75, 3.05) is 33.9 Å². The molecule has 3 aliphatic heterocycles. The van der Waals surface area contributed by atoms with Gasteiger partial charge in [-0.1, -0.05) is 54.2 Å². The quantitative estimate of drug-likeness (QED) is 0.442. The first kappa shape index (κ1) is 25.9. The van der Waals surface area contributed by atoms with Crippen LogP contribution in [0.4, 0.5) is 0 Å². The van der Waals surface area contributed by atoms with Crippen LogP contribution < -0.4 is 9.47 Å². The van der Waals surface area contributed by atoms with E-state index >= 15 is 0 Å². The molecule has 2 aromatic carbocycles. The molecule has 2 aromatic rings. The van der Waals surface area contributed by atoms with Crippen molar-refractivity contribution in [1.82, 2.24) is 9.80 Å². The van der Waals surface area contributed by atoms with E-state index in [1.807, 2.05) is 63.7 Å². The molecule has 1 amide bonds. The second-order valence-electron chi connectivity index (χ2n) is 9.09. The summed E-state index contributed by atoms with van der Waals surface area (Å²) in [6.07, 6.45) is 2.26. The number of hydrogen-bond donors (Lipinski definition) is 0. The van der Waals surface area contributed by atoms with Gasteiger partial charge in [0.1, 0.15) is 0 Å². The largest absolute Gasteiger partial charge is 0.493 e. The molecule has 0 aliphatic carbocycles. The van der Waals surface area contributed by atoms with Gasteiger partial charge in [-0.2, -0.15) is 0 Å². The van der Waals surface area contributed by atoms with Gasteiger partial charge in [0.05, 0.1) is 44.6 Å². The minimum Gasteiger partial charge on any atom is -0.493 e. The highest BCUT2D eigenvalue weighted by Crippen LogP contribution is 2.50. The van der Waals surface area contributed by atoms with Crippen molar-refractivity contribution in [1.29, 1.82) is 0 Å². The van der Waals surface area contributed by atoms with Crippen LogP contribution in [0.5, 0.6) is 11.5 Å². The van der Waals surface area contributed by atoms with E-state index in [1.165, 1.54) is 11.8 Å². The Balaban J connectivity index is 1.69. The Bertz CT molecular complexity index is 1310. The van der Waals surface area contributed by atoms with Crippen molar-refractivity contribution in [3.8, 4) is 11.5 Å². The Morgan fingerprint density at radius 1 is 1.03 bits per heavy atom. The van der Waals surface area contributed by atoms with E-state index in [-0.39, 0.29) is 18.9 Å². The summed E-state index contributed by atoms with van der Waals surface area (Å²) in [5.41, 5.74) is 3.23. The average molecular weight is 534 g/mol. The number of benzene rings is 2. The summed E-state index contributed by atoms with van der Waals surface area (Å²) in [6.45, 7) is 3.55. The van der Waals surface area contributed by atoms with Gasteiger partial charge in [-0.25, -0.2) is 9.79 Å². The number of esters is 1. The molecule has 1 saturated heterocycles. The van der Waals surface area contributed by atoms with Gasteiger partial charge in [-0.05, 0) is 31.2 Å². The van der Waals surface area contributed by atoms with Crippen LogP contribution in [-0.2, 0) is 14.3 Å². The summed E-state index contributed by atoms with van der Waals surface area (Å²) in [5, 5.41) is 2.65. The van der Waals surface area contributed by atoms with Crippen molar-refractivity contribution < 1.29 is 23.8 Å². The number of thioether (sulfide) groups is 1. The zero-order chi connectivity index (χ0) is 26.6. The van der Waals surface area contributed by atoms with E-state index in [2.05, 4.69) is 0 Å². The fourth-order valence-electron chi connectivity index (χ4n) is 5.14. The molecule has 3 heterocycles. The van der Waals surface area contributed by atoms with E-state index in [1.54, 1.807) is 21.1 Å². The molecule has 1 fully saturated rings. The minimum absolute atomic E-state index is 0.0717. The summed E-state index contributed by atoms with van der Waals surface area (Å²) in [6, 6.07) is 14.6.